The molecule has 19 heavy (non-hydrogen) atoms. The summed E-state index contributed by atoms with van der Waals surface area (Å²) in [5, 5.41) is 0. The Labute approximate surface area is 111 Å². The zero-order valence-electron chi connectivity index (χ0n) is 11.5. The number of nitrogens with zero attached hydrogens (tertiary/aromatic N) is 1. The van der Waals surface area contributed by atoms with Gasteiger partial charge in [-0.1, -0.05) is 38.1 Å². The molecule has 0 atom stereocenters. The quantitative estimate of drug-likeness (QED) is 0.802. The predicted molar refractivity (Wildman–Crippen MR) is 70.8 cm³/mol. The highest BCUT2D eigenvalue weighted by Crippen LogP contribution is 2.49. The van der Waals surface area contributed by atoms with E-state index in [9.17, 15) is 13.6 Å². The highest BCUT2D eigenvalue weighted by molar-refractivity contribution is 5.90. The predicted octanol–water partition coefficient (Wildman–Crippen LogP) is 3.43. The van der Waals surface area contributed by atoms with Crippen molar-refractivity contribution in [3.63, 3.8) is 0 Å². The Bertz CT molecular complexity index is 561. The molecule has 1 aromatic carbocycles. The number of rotatable bonds is 2. The summed E-state index contributed by atoms with van der Waals surface area (Å²) in [6.07, 6.45) is -2.58. The summed E-state index contributed by atoms with van der Waals surface area (Å²) in [5.41, 5.74) is 1.17. The first-order valence-corrected chi connectivity index (χ1v) is 6.15. The summed E-state index contributed by atoms with van der Waals surface area (Å²) in [6, 6.07) is 7.28. The molecule has 0 radical (unpaired) electrons. The van der Waals surface area contributed by atoms with E-state index in [1.807, 2.05) is 12.1 Å². The van der Waals surface area contributed by atoms with E-state index < -0.39 is 11.8 Å². The van der Waals surface area contributed by atoms with Crippen LogP contribution in [0.15, 0.2) is 29.8 Å². The second kappa shape index (κ2) is 4.44. The molecule has 0 fully saturated rings. The van der Waals surface area contributed by atoms with Crippen LogP contribution in [-0.2, 0) is 10.2 Å². The molecule has 0 heterocycles. The number of hydrogen-bond acceptors (Lipinski definition) is 1. The van der Waals surface area contributed by atoms with E-state index in [4.69, 9.17) is 0 Å². The summed E-state index contributed by atoms with van der Waals surface area (Å²) >= 11 is 0. The Balaban J connectivity index is 2.74. The lowest BCUT2D eigenvalue weighted by atomic mass is 9.81. The van der Waals surface area contributed by atoms with Crippen LogP contribution in [-0.4, -0.2) is 24.3 Å². The first-order valence-electron chi connectivity index (χ1n) is 6.15. The third-order valence-corrected chi connectivity index (χ3v) is 3.81. The van der Waals surface area contributed by atoms with Crippen LogP contribution in [0.4, 0.5) is 8.78 Å². The molecule has 0 aliphatic heterocycles. The molecule has 2 rings (SSSR count). The van der Waals surface area contributed by atoms with E-state index in [0.29, 0.717) is 5.70 Å². The zero-order chi connectivity index (χ0) is 14.4. The Hall–Kier alpha value is -1.71. The normalized spacial score (nSPS) is 16.8. The fraction of sp³-hybridized carbons (Fsp3) is 0.400. The average Bonchev–Trinajstić information content (AvgIpc) is 2.57. The second-order valence-electron chi connectivity index (χ2n) is 5.31. The van der Waals surface area contributed by atoms with Crippen LogP contribution in [0.3, 0.4) is 0 Å². The van der Waals surface area contributed by atoms with Gasteiger partial charge in [-0.05, 0) is 5.56 Å². The molecule has 1 aliphatic rings. The maximum Gasteiger partial charge on any atom is 0.263 e. The van der Waals surface area contributed by atoms with Gasteiger partial charge in [0.2, 0.25) is 5.91 Å². The molecule has 0 bridgehead atoms. The number of carbonyl (C=O) groups excluding carboxylic acids is 1. The molecule has 2 nitrogen and oxygen atoms in total. The molecule has 1 amide bonds. The smallest absolute Gasteiger partial charge is 0.263 e. The molecular formula is C15H17F2NO. The lowest BCUT2D eigenvalue weighted by molar-refractivity contribution is -0.124. The first-order chi connectivity index (χ1) is 8.78. The van der Waals surface area contributed by atoms with E-state index in [1.54, 1.807) is 26.0 Å². The van der Waals surface area contributed by atoms with Crippen LogP contribution in [0, 0.1) is 0 Å². The maximum atomic E-state index is 13.5. The molecule has 0 aromatic heterocycles. The number of benzene rings is 1. The number of allylic oxidation sites excluding steroid dienone is 1. The minimum absolute atomic E-state index is 0.0198. The first kappa shape index (κ1) is 13.7. The molecule has 0 spiro atoms. The number of alkyl halides is 2. The lowest BCUT2D eigenvalue weighted by Crippen LogP contribution is -2.26. The second-order valence-corrected chi connectivity index (χ2v) is 5.31. The summed E-state index contributed by atoms with van der Waals surface area (Å²) < 4.78 is 27.0. The minimum Gasteiger partial charge on any atom is -0.315 e. The Morgan fingerprint density at radius 2 is 1.84 bits per heavy atom. The minimum atomic E-state index is -2.58. The monoisotopic (exact) mass is 265 g/mol. The molecule has 0 unspecified atom stereocenters. The lowest BCUT2D eigenvalue weighted by Gasteiger charge is -2.25. The molecule has 102 valence electrons. The van der Waals surface area contributed by atoms with E-state index >= 15 is 0 Å². The summed E-state index contributed by atoms with van der Waals surface area (Å²) in [5.74, 6) is -0.249. The largest absolute Gasteiger partial charge is 0.315 e. The topological polar surface area (TPSA) is 20.3 Å². The van der Waals surface area contributed by atoms with Gasteiger partial charge in [-0.2, -0.15) is 0 Å². The van der Waals surface area contributed by atoms with Gasteiger partial charge in [-0.25, -0.2) is 8.78 Å². The Kier molecular flexibility index (Phi) is 3.20. The number of amides is 1. The molecule has 1 aliphatic carbocycles. The van der Waals surface area contributed by atoms with Crippen molar-refractivity contribution < 1.29 is 13.6 Å². The van der Waals surface area contributed by atoms with Crippen LogP contribution in [0.1, 0.15) is 31.9 Å². The van der Waals surface area contributed by atoms with Gasteiger partial charge in [0.05, 0.1) is 5.70 Å². The van der Waals surface area contributed by atoms with Crippen LogP contribution in [0.5, 0.6) is 0 Å². The summed E-state index contributed by atoms with van der Waals surface area (Å²) in [6.45, 7) is 4.92. The van der Waals surface area contributed by atoms with E-state index in [1.165, 1.54) is 18.9 Å². The van der Waals surface area contributed by atoms with Crippen molar-refractivity contribution >= 4 is 11.6 Å². The molecule has 0 saturated heterocycles. The number of carbonyl (C=O) groups is 1. The van der Waals surface area contributed by atoms with Gasteiger partial charge < -0.3 is 4.90 Å². The Morgan fingerprint density at radius 1 is 1.26 bits per heavy atom. The Morgan fingerprint density at radius 3 is 2.37 bits per heavy atom. The van der Waals surface area contributed by atoms with Gasteiger partial charge in [-0.15, -0.1) is 0 Å². The third-order valence-electron chi connectivity index (χ3n) is 3.81. The highest BCUT2D eigenvalue weighted by atomic mass is 19.3. The number of halogens is 2. The standard InChI is InChI=1S/C15H17F2NO/c1-9(19)18(4)13-10-7-5-6-8-11(10)15(2,3)12(13)14(16)17/h5-8,14H,1-4H3. The van der Waals surface area contributed by atoms with Crippen molar-refractivity contribution in [1.82, 2.24) is 4.90 Å². The molecule has 0 N–H and O–H groups in total. The SMILES string of the molecule is CC(=O)N(C)C1=C(C(F)F)C(C)(C)c2ccccc21. The van der Waals surface area contributed by atoms with Crippen molar-refractivity contribution in [3.05, 3.63) is 41.0 Å². The van der Waals surface area contributed by atoms with Crippen LogP contribution in [0.25, 0.3) is 5.70 Å². The molecular weight excluding hydrogens is 248 g/mol. The van der Waals surface area contributed by atoms with Gasteiger partial charge in [0.1, 0.15) is 0 Å². The van der Waals surface area contributed by atoms with Gasteiger partial charge >= 0.3 is 0 Å². The van der Waals surface area contributed by atoms with Crippen LogP contribution in [0.2, 0.25) is 0 Å². The van der Waals surface area contributed by atoms with Gasteiger partial charge in [0.15, 0.2) is 0 Å². The molecule has 1 aromatic rings. The van der Waals surface area contributed by atoms with Gasteiger partial charge in [-0.3, -0.25) is 4.79 Å². The van der Waals surface area contributed by atoms with E-state index in [-0.39, 0.29) is 11.5 Å². The van der Waals surface area contributed by atoms with E-state index in [2.05, 4.69) is 0 Å². The van der Waals surface area contributed by atoms with Crippen molar-refractivity contribution in [2.24, 2.45) is 0 Å². The fourth-order valence-electron chi connectivity index (χ4n) is 2.72. The van der Waals surface area contributed by atoms with E-state index in [0.717, 1.165) is 11.1 Å². The summed E-state index contributed by atoms with van der Waals surface area (Å²) in [4.78, 5) is 12.9. The third kappa shape index (κ3) is 1.95. The van der Waals surface area contributed by atoms with Crippen molar-refractivity contribution in [2.75, 3.05) is 7.05 Å². The van der Waals surface area contributed by atoms with Crippen molar-refractivity contribution in [3.8, 4) is 0 Å². The van der Waals surface area contributed by atoms with Crippen LogP contribution < -0.4 is 0 Å². The highest BCUT2D eigenvalue weighted by Gasteiger charge is 2.43. The molecule has 4 heteroatoms. The number of hydrogen-bond donors (Lipinski definition) is 0. The fourth-order valence-corrected chi connectivity index (χ4v) is 2.72. The average molecular weight is 265 g/mol. The van der Waals surface area contributed by atoms with Gasteiger partial charge in [0.25, 0.3) is 6.43 Å². The molecule has 0 saturated carbocycles. The van der Waals surface area contributed by atoms with Crippen molar-refractivity contribution in [2.45, 2.75) is 32.6 Å². The van der Waals surface area contributed by atoms with Crippen LogP contribution >= 0.6 is 0 Å². The maximum absolute atomic E-state index is 13.5. The summed E-state index contributed by atoms with van der Waals surface area (Å²) in [7, 11) is 1.54. The van der Waals surface area contributed by atoms with Crippen molar-refractivity contribution in [1.29, 1.82) is 0 Å². The number of fused-ring (bicyclic) bond motifs is 1. The zero-order valence-corrected chi connectivity index (χ0v) is 11.5. The van der Waals surface area contributed by atoms with Gasteiger partial charge in [0, 0.05) is 30.5 Å².